The van der Waals surface area contributed by atoms with Gasteiger partial charge in [-0.1, -0.05) is 6.07 Å². The van der Waals surface area contributed by atoms with Gasteiger partial charge in [-0.05, 0) is 37.3 Å². The maximum absolute atomic E-state index is 14.6. The van der Waals surface area contributed by atoms with E-state index in [2.05, 4.69) is 10.1 Å². The molecule has 1 N–H and O–H groups in total. The average Bonchev–Trinajstić information content (AvgIpc) is 3.24. The van der Waals surface area contributed by atoms with E-state index in [4.69, 9.17) is 0 Å². The van der Waals surface area contributed by atoms with Crippen molar-refractivity contribution in [2.24, 2.45) is 0 Å². The van der Waals surface area contributed by atoms with E-state index in [-0.39, 0.29) is 17.7 Å². The molecule has 2 atom stereocenters. The lowest BCUT2D eigenvalue weighted by Crippen LogP contribution is -2.52. The minimum atomic E-state index is -4.56. The van der Waals surface area contributed by atoms with Gasteiger partial charge in [-0.2, -0.15) is 18.3 Å². The summed E-state index contributed by atoms with van der Waals surface area (Å²) in [6, 6.07) is 5.10. The lowest BCUT2D eigenvalue weighted by Gasteiger charge is -2.39. The van der Waals surface area contributed by atoms with Crippen molar-refractivity contribution in [2.75, 3.05) is 7.05 Å². The van der Waals surface area contributed by atoms with Crippen molar-refractivity contribution in [3.05, 3.63) is 83.4 Å². The van der Waals surface area contributed by atoms with E-state index >= 15 is 0 Å². The van der Waals surface area contributed by atoms with Gasteiger partial charge in [0.25, 0.3) is 5.91 Å². The molecule has 6 nitrogen and oxygen atoms in total. The molecule has 1 aromatic heterocycles. The van der Waals surface area contributed by atoms with Crippen LogP contribution in [0.3, 0.4) is 0 Å². The zero-order valence-electron chi connectivity index (χ0n) is 17.0. The standard InChI is InChI=1S/C21H19F5N4O2/c1-13(29(2)19(31)14-3-5-15(6-4-14)21(24,25)26)20(32,10-30-12-27-11-28-30)17-8-7-16(22)9-18(17)23/h3-9,11-13,32H,10H2,1-2H3. The fraction of sp³-hybridized carbons (Fsp3) is 0.286. The number of carbonyl (C=O) groups excluding carboxylic acids is 1. The number of alkyl halides is 3. The minimum Gasteiger partial charge on any atom is -0.381 e. The minimum absolute atomic E-state index is 0.0602. The summed E-state index contributed by atoms with van der Waals surface area (Å²) in [4.78, 5) is 17.7. The van der Waals surface area contributed by atoms with Crippen LogP contribution in [0.4, 0.5) is 22.0 Å². The summed E-state index contributed by atoms with van der Waals surface area (Å²) in [6.07, 6.45) is -2.08. The number of nitrogens with zero attached hydrogens (tertiary/aromatic N) is 4. The molecular formula is C21H19F5N4O2. The van der Waals surface area contributed by atoms with E-state index in [9.17, 15) is 31.9 Å². The van der Waals surface area contributed by atoms with Crippen LogP contribution >= 0.6 is 0 Å². The number of aliphatic hydroxyl groups is 1. The quantitative estimate of drug-likeness (QED) is 0.578. The summed E-state index contributed by atoms with van der Waals surface area (Å²) in [6.45, 7) is 1.10. The zero-order chi connectivity index (χ0) is 23.7. The summed E-state index contributed by atoms with van der Waals surface area (Å²) < 4.78 is 67.7. The zero-order valence-corrected chi connectivity index (χ0v) is 17.0. The van der Waals surface area contributed by atoms with Gasteiger partial charge in [0.1, 0.15) is 29.9 Å². The SMILES string of the molecule is CC(N(C)C(=O)c1ccc(C(F)(F)F)cc1)C(O)(Cn1cncn1)c1ccc(F)cc1F. The van der Waals surface area contributed by atoms with Crippen molar-refractivity contribution in [1.82, 2.24) is 19.7 Å². The maximum Gasteiger partial charge on any atom is 0.416 e. The van der Waals surface area contributed by atoms with Crippen molar-refractivity contribution in [2.45, 2.75) is 31.3 Å². The summed E-state index contributed by atoms with van der Waals surface area (Å²) in [5.41, 5.74) is -3.34. The van der Waals surface area contributed by atoms with E-state index in [0.717, 1.165) is 41.3 Å². The van der Waals surface area contributed by atoms with E-state index in [0.29, 0.717) is 6.07 Å². The van der Waals surface area contributed by atoms with E-state index in [1.54, 1.807) is 0 Å². The van der Waals surface area contributed by atoms with Crippen molar-refractivity contribution >= 4 is 5.91 Å². The molecule has 0 aliphatic rings. The summed E-state index contributed by atoms with van der Waals surface area (Å²) in [5, 5.41) is 15.4. The van der Waals surface area contributed by atoms with Crippen molar-refractivity contribution in [3.8, 4) is 0 Å². The Balaban J connectivity index is 1.96. The number of hydrogen-bond donors (Lipinski definition) is 1. The van der Waals surface area contributed by atoms with Crippen molar-refractivity contribution in [1.29, 1.82) is 0 Å². The van der Waals surface area contributed by atoms with Crippen LogP contribution in [0.15, 0.2) is 55.1 Å². The molecule has 32 heavy (non-hydrogen) atoms. The molecule has 0 radical (unpaired) electrons. The molecule has 3 aromatic rings. The van der Waals surface area contributed by atoms with Crippen LogP contribution < -0.4 is 0 Å². The largest absolute Gasteiger partial charge is 0.416 e. The molecule has 0 spiro atoms. The number of aromatic nitrogens is 3. The van der Waals surface area contributed by atoms with Crippen LogP contribution in [0.5, 0.6) is 0 Å². The Bertz CT molecular complexity index is 1090. The number of halogens is 5. The second-order valence-corrected chi connectivity index (χ2v) is 7.31. The van der Waals surface area contributed by atoms with Gasteiger partial charge in [0, 0.05) is 24.2 Å². The predicted octanol–water partition coefficient (Wildman–Crippen LogP) is 3.62. The first-order valence-corrected chi connectivity index (χ1v) is 9.38. The fourth-order valence-electron chi connectivity index (χ4n) is 3.35. The number of likely N-dealkylation sites (N-methyl/N-ethyl adjacent to an activating group) is 1. The summed E-state index contributed by atoms with van der Waals surface area (Å²) in [7, 11) is 1.32. The van der Waals surface area contributed by atoms with Gasteiger partial charge in [0.15, 0.2) is 0 Å². The van der Waals surface area contributed by atoms with E-state index in [1.807, 2.05) is 0 Å². The normalized spacial score (nSPS) is 14.6. The van der Waals surface area contributed by atoms with Crippen molar-refractivity contribution < 1.29 is 31.9 Å². The lowest BCUT2D eigenvalue weighted by molar-refractivity contribution is -0.137. The second-order valence-electron chi connectivity index (χ2n) is 7.31. The Morgan fingerprint density at radius 3 is 2.34 bits per heavy atom. The molecule has 0 fully saturated rings. The Kier molecular flexibility index (Phi) is 6.31. The van der Waals surface area contributed by atoms with Gasteiger partial charge in [0.2, 0.25) is 0 Å². The maximum atomic E-state index is 14.6. The Morgan fingerprint density at radius 2 is 1.81 bits per heavy atom. The molecule has 3 rings (SSSR count). The third-order valence-corrected chi connectivity index (χ3v) is 5.32. The van der Waals surface area contributed by atoms with Gasteiger partial charge in [-0.15, -0.1) is 0 Å². The van der Waals surface area contributed by atoms with Gasteiger partial charge in [-0.25, -0.2) is 18.4 Å². The molecule has 0 saturated carbocycles. The summed E-state index contributed by atoms with van der Waals surface area (Å²) >= 11 is 0. The van der Waals surface area contributed by atoms with Gasteiger partial charge < -0.3 is 10.0 Å². The molecular weight excluding hydrogens is 435 g/mol. The highest BCUT2D eigenvalue weighted by atomic mass is 19.4. The molecule has 0 aliphatic carbocycles. The number of carbonyl (C=O) groups is 1. The number of benzene rings is 2. The first kappa shape index (κ1) is 23.3. The van der Waals surface area contributed by atoms with Crippen molar-refractivity contribution in [3.63, 3.8) is 0 Å². The Morgan fingerprint density at radius 1 is 1.16 bits per heavy atom. The van der Waals surface area contributed by atoms with Crippen LogP contribution in [-0.2, 0) is 18.3 Å². The number of rotatable bonds is 6. The molecule has 0 bridgehead atoms. The van der Waals surface area contributed by atoms with Gasteiger partial charge in [0.05, 0.1) is 18.2 Å². The molecule has 2 unspecified atom stereocenters. The van der Waals surface area contributed by atoms with Gasteiger partial charge in [-0.3, -0.25) is 4.79 Å². The third kappa shape index (κ3) is 4.62. The highest BCUT2D eigenvalue weighted by Crippen LogP contribution is 2.33. The summed E-state index contributed by atoms with van der Waals surface area (Å²) in [5.74, 6) is -2.59. The van der Waals surface area contributed by atoms with Crippen LogP contribution in [-0.4, -0.2) is 43.8 Å². The van der Waals surface area contributed by atoms with Gasteiger partial charge >= 0.3 is 6.18 Å². The first-order chi connectivity index (χ1) is 14.9. The highest BCUT2D eigenvalue weighted by Gasteiger charge is 2.42. The third-order valence-electron chi connectivity index (χ3n) is 5.32. The molecule has 11 heteroatoms. The molecule has 1 heterocycles. The molecule has 0 saturated heterocycles. The highest BCUT2D eigenvalue weighted by molar-refractivity contribution is 5.94. The smallest absolute Gasteiger partial charge is 0.381 e. The second kappa shape index (κ2) is 8.65. The molecule has 1 amide bonds. The van der Waals surface area contributed by atoms with Crippen LogP contribution in [0.2, 0.25) is 0 Å². The van der Waals surface area contributed by atoms with E-state index in [1.165, 1.54) is 31.3 Å². The average molecular weight is 454 g/mol. The Hall–Kier alpha value is -3.34. The monoisotopic (exact) mass is 454 g/mol. The van der Waals surface area contributed by atoms with Crippen LogP contribution in [0.25, 0.3) is 0 Å². The molecule has 170 valence electrons. The Labute approximate surface area is 179 Å². The fourth-order valence-corrected chi connectivity index (χ4v) is 3.35. The number of hydrogen-bond acceptors (Lipinski definition) is 4. The van der Waals surface area contributed by atoms with Crippen LogP contribution in [0.1, 0.15) is 28.4 Å². The molecule has 0 aliphatic heterocycles. The first-order valence-electron chi connectivity index (χ1n) is 9.38. The number of amides is 1. The van der Waals surface area contributed by atoms with Crippen LogP contribution in [0, 0.1) is 11.6 Å². The predicted molar refractivity (Wildman–Crippen MR) is 103 cm³/mol. The lowest BCUT2D eigenvalue weighted by atomic mass is 9.85. The van der Waals surface area contributed by atoms with E-state index < -0.39 is 40.9 Å². The molecule has 2 aromatic carbocycles. The topological polar surface area (TPSA) is 71.2 Å².